The lowest BCUT2D eigenvalue weighted by Gasteiger charge is -2.28. The van der Waals surface area contributed by atoms with Crippen LogP contribution in [0.1, 0.15) is 43.0 Å². The number of hydrogen-bond acceptors (Lipinski definition) is 3. The minimum atomic E-state index is -0.459. The van der Waals surface area contributed by atoms with Gasteiger partial charge in [0.05, 0.1) is 4.92 Å². The summed E-state index contributed by atoms with van der Waals surface area (Å²) < 4.78 is 0. The average Bonchev–Trinajstić information content (AvgIpc) is 3.10. The first-order valence-electron chi connectivity index (χ1n) is 7.60. The van der Waals surface area contributed by atoms with E-state index in [1.54, 1.807) is 0 Å². The molecule has 0 unspecified atom stereocenters. The molecule has 2 aliphatic rings. The third-order valence-electron chi connectivity index (χ3n) is 5.13. The number of hydrogen-bond donors (Lipinski definition) is 1. The van der Waals surface area contributed by atoms with E-state index in [0.29, 0.717) is 11.5 Å². The van der Waals surface area contributed by atoms with Gasteiger partial charge in [-0.1, -0.05) is 6.42 Å². The van der Waals surface area contributed by atoms with E-state index in [1.165, 1.54) is 49.9 Å². The van der Waals surface area contributed by atoms with Gasteiger partial charge in [-0.15, -0.1) is 0 Å². The first-order chi connectivity index (χ1) is 10.0. The Balaban J connectivity index is 1.61. The lowest BCUT2D eigenvalue weighted by atomic mass is 9.84. The number of non-ortho nitro benzene ring substituents is 1. The Morgan fingerprint density at radius 2 is 2.00 bits per heavy atom. The summed E-state index contributed by atoms with van der Waals surface area (Å²) >= 11 is 0. The normalized spacial score (nSPS) is 28.3. The Kier molecular flexibility index (Phi) is 3.66. The van der Waals surface area contributed by atoms with Crippen LogP contribution < -0.4 is 5.32 Å². The molecule has 3 rings (SSSR count). The zero-order valence-corrected chi connectivity index (χ0v) is 12.1. The van der Waals surface area contributed by atoms with E-state index in [1.807, 2.05) is 0 Å². The Morgan fingerprint density at radius 3 is 2.52 bits per heavy atom. The quantitative estimate of drug-likeness (QED) is 0.683. The van der Waals surface area contributed by atoms with Crippen molar-refractivity contribution in [3.05, 3.63) is 39.9 Å². The summed E-state index contributed by atoms with van der Waals surface area (Å²) in [6.45, 7) is 2.08. The zero-order chi connectivity index (χ0) is 15.0. The minimum Gasteiger partial charge on any atom is -0.349 e. The third-order valence-corrected chi connectivity index (χ3v) is 5.13. The molecule has 0 saturated heterocycles. The van der Waals surface area contributed by atoms with Crippen molar-refractivity contribution in [1.29, 1.82) is 0 Å². The summed E-state index contributed by atoms with van der Waals surface area (Å²) in [5, 5.41) is 13.7. The predicted molar refractivity (Wildman–Crippen MR) is 79.0 cm³/mol. The van der Waals surface area contributed by atoms with Crippen LogP contribution in [-0.2, 0) is 0 Å². The summed E-state index contributed by atoms with van der Waals surface area (Å²) in [6, 6.07) is 5.94. The Hall–Kier alpha value is -1.91. The first kappa shape index (κ1) is 14.0. The summed E-state index contributed by atoms with van der Waals surface area (Å²) in [4.78, 5) is 22.4. The summed E-state index contributed by atoms with van der Waals surface area (Å²) in [5.74, 6) is 2.08. The molecule has 21 heavy (non-hydrogen) atoms. The average molecular weight is 288 g/mol. The first-order valence-corrected chi connectivity index (χ1v) is 7.60. The van der Waals surface area contributed by atoms with Crippen LogP contribution in [0.25, 0.3) is 0 Å². The monoisotopic (exact) mass is 288 g/mol. The van der Waals surface area contributed by atoms with Gasteiger partial charge in [0.25, 0.3) is 11.6 Å². The van der Waals surface area contributed by atoms with Crippen molar-refractivity contribution >= 4 is 11.6 Å². The summed E-state index contributed by atoms with van der Waals surface area (Å²) in [7, 11) is 0. The molecule has 2 saturated carbocycles. The molecule has 2 fully saturated rings. The molecule has 5 heteroatoms. The molecule has 0 aliphatic heterocycles. The van der Waals surface area contributed by atoms with Crippen LogP contribution in [0.15, 0.2) is 24.3 Å². The fraction of sp³-hybridized carbons (Fsp3) is 0.562. The lowest BCUT2D eigenvalue weighted by molar-refractivity contribution is -0.384. The number of carbonyl (C=O) groups is 1. The molecule has 1 amide bonds. The van der Waals surface area contributed by atoms with Crippen LogP contribution in [0.3, 0.4) is 0 Å². The number of benzene rings is 1. The molecule has 0 aromatic heterocycles. The second-order valence-corrected chi connectivity index (χ2v) is 6.40. The zero-order valence-electron chi connectivity index (χ0n) is 12.1. The van der Waals surface area contributed by atoms with E-state index in [2.05, 4.69) is 12.2 Å². The summed E-state index contributed by atoms with van der Waals surface area (Å²) in [5.41, 5.74) is 0.489. The smallest absolute Gasteiger partial charge is 0.269 e. The molecule has 2 aliphatic carbocycles. The van der Waals surface area contributed by atoms with Gasteiger partial charge in [0.15, 0.2) is 0 Å². The van der Waals surface area contributed by atoms with Crippen LogP contribution in [0.4, 0.5) is 5.69 Å². The van der Waals surface area contributed by atoms with Crippen molar-refractivity contribution in [3.63, 3.8) is 0 Å². The number of fused-ring (bicyclic) bond motifs is 2. The van der Waals surface area contributed by atoms with Crippen molar-refractivity contribution in [2.75, 3.05) is 0 Å². The van der Waals surface area contributed by atoms with Crippen LogP contribution in [0.5, 0.6) is 0 Å². The highest BCUT2D eigenvalue weighted by Crippen LogP contribution is 2.49. The van der Waals surface area contributed by atoms with E-state index in [0.717, 1.165) is 11.8 Å². The maximum Gasteiger partial charge on any atom is 0.269 e. The standard InChI is InChI=1S/C16H20N2O3/c1-10(15-9-11-2-3-13(15)8-11)17-16(19)12-4-6-14(7-5-12)18(20)21/h4-7,10-11,13,15H,2-3,8-9H2,1H3,(H,17,19)/t10-,11-,13-,15+/m0/s1. The second-order valence-electron chi connectivity index (χ2n) is 6.40. The van der Waals surface area contributed by atoms with Crippen LogP contribution in [0.2, 0.25) is 0 Å². The molecule has 0 heterocycles. The molecule has 0 spiro atoms. The minimum absolute atomic E-state index is 0.00713. The summed E-state index contributed by atoms with van der Waals surface area (Å²) in [6.07, 6.45) is 5.20. The van der Waals surface area contributed by atoms with Gasteiger partial charge >= 0.3 is 0 Å². The van der Waals surface area contributed by atoms with Gasteiger partial charge < -0.3 is 5.32 Å². The molecule has 1 aromatic rings. The van der Waals surface area contributed by atoms with Crippen molar-refractivity contribution < 1.29 is 9.72 Å². The highest BCUT2D eigenvalue weighted by Gasteiger charge is 2.42. The van der Waals surface area contributed by atoms with Crippen LogP contribution >= 0.6 is 0 Å². The van der Waals surface area contributed by atoms with E-state index in [4.69, 9.17) is 0 Å². The Labute approximate surface area is 123 Å². The molecular formula is C16H20N2O3. The molecule has 5 nitrogen and oxygen atoms in total. The number of nitro benzene ring substituents is 1. The Bertz CT molecular complexity index is 555. The number of carbonyl (C=O) groups excluding carboxylic acids is 1. The van der Waals surface area contributed by atoms with Crippen molar-refractivity contribution in [2.45, 2.75) is 38.6 Å². The van der Waals surface area contributed by atoms with Crippen LogP contribution in [0, 0.1) is 27.9 Å². The predicted octanol–water partition coefficient (Wildman–Crippen LogP) is 3.15. The second kappa shape index (κ2) is 5.47. The number of nitrogens with one attached hydrogen (secondary N) is 1. The fourth-order valence-corrected chi connectivity index (χ4v) is 4.04. The van der Waals surface area contributed by atoms with Gasteiger partial charge in [-0.2, -0.15) is 0 Å². The van der Waals surface area contributed by atoms with E-state index in [9.17, 15) is 14.9 Å². The fourth-order valence-electron chi connectivity index (χ4n) is 4.04. The van der Waals surface area contributed by atoms with Gasteiger partial charge in [0.1, 0.15) is 0 Å². The number of nitrogens with zero attached hydrogens (tertiary/aromatic N) is 1. The highest BCUT2D eigenvalue weighted by atomic mass is 16.6. The molecule has 0 radical (unpaired) electrons. The van der Waals surface area contributed by atoms with Crippen molar-refractivity contribution in [1.82, 2.24) is 5.32 Å². The number of nitro groups is 1. The van der Waals surface area contributed by atoms with Gasteiger partial charge in [-0.05, 0) is 56.1 Å². The van der Waals surface area contributed by atoms with E-state index in [-0.39, 0.29) is 17.6 Å². The van der Waals surface area contributed by atoms with Crippen molar-refractivity contribution in [2.24, 2.45) is 17.8 Å². The topological polar surface area (TPSA) is 72.2 Å². The SMILES string of the molecule is C[C@H](NC(=O)c1ccc([N+](=O)[O-])cc1)[C@H]1C[C@H]2CC[C@H]1C2. The molecule has 112 valence electrons. The lowest BCUT2D eigenvalue weighted by Crippen LogP contribution is -2.40. The van der Waals surface area contributed by atoms with E-state index >= 15 is 0 Å². The number of amides is 1. The molecular weight excluding hydrogens is 268 g/mol. The van der Waals surface area contributed by atoms with Gasteiger partial charge in [-0.3, -0.25) is 14.9 Å². The third kappa shape index (κ3) is 2.77. The van der Waals surface area contributed by atoms with Crippen molar-refractivity contribution in [3.8, 4) is 0 Å². The highest BCUT2D eigenvalue weighted by molar-refractivity contribution is 5.94. The molecule has 1 aromatic carbocycles. The molecule has 2 bridgehead atoms. The van der Waals surface area contributed by atoms with E-state index < -0.39 is 4.92 Å². The molecule has 4 atom stereocenters. The maximum absolute atomic E-state index is 12.2. The maximum atomic E-state index is 12.2. The van der Waals surface area contributed by atoms with Gasteiger partial charge in [-0.25, -0.2) is 0 Å². The molecule has 1 N–H and O–H groups in total. The van der Waals surface area contributed by atoms with Crippen LogP contribution in [-0.4, -0.2) is 16.9 Å². The largest absolute Gasteiger partial charge is 0.349 e. The van der Waals surface area contributed by atoms with Gasteiger partial charge in [0, 0.05) is 23.7 Å². The Morgan fingerprint density at radius 1 is 1.29 bits per heavy atom. The number of rotatable bonds is 4. The van der Waals surface area contributed by atoms with Gasteiger partial charge in [0.2, 0.25) is 0 Å².